The number of hydrogen-bond acceptors (Lipinski definition) is 2. The number of hydrogen-bond donors (Lipinski definition) is 0. The van der Waals surface area contributed by atoms with Crippen molar-refractivity contribution < 1.29 is 9.53 Å². The zero-order chi connectivity index (χ0) is 12.1. The van der Waals surface area contributed by atoms with Crippen LogP contribution in [0.4, 0.5) is 0 Å². The van der Waals surface area contributed by atoms with Gasteiger partial charge in [0.15, 0.2) is 0 Å². The highest BCUT2D eigenvalue weighted by molar-refractivity contribution is 5.81. The summed E-state index contributed by atoms with van der Waals surface area (Å²) >= 11 is 0. The van der Waals surface area contributed by atoms with E-state index in [4.69, 9.17) is 4.74 Å². The molecule has 94 valence electrons. The maximum Gasteiger partial charge on any atom is 0.330 e. The van der Waals surface area contributed by atoms with Crippen LogP contribution < -0.4 is 0 Å². The van der Waals surface area contributed by atoms with Crippen molar-refractivity contribution in [1.29, 1.82) is 0 Å². The van der Waals surface area contributed by atoms with E-state index in [1.54, 1.807) is 0 Å². The van der Waals surface area contributed by atoms with Gasteiger partial charge >= 0.3 is 5.97 Å². The Labute approximate surface area is 103 Å². The summed E-state index contributed by atoms with van der Waals surface area (Å²) in [6.45, 7) is 5.82. The molecule has 0 aliphatic heterocycles. The van der Waals surface area contributed by atoms with E-state index >= 15 is 0 Å². The molecule has 0 saturated heterocycles. The van der Waals surface area contributed by atoms with Crippen LogP contribution in [0, 0.1) is 17.3 Å². The molecule has 0 amide bonds. The van der Waals surface area contributed by atoms with E-state index in [2.05, 4.69) is 13.5 Å². The molecule has 0 heterocycles. The van der Waals surface area contributed by atoms with Gasteiger partial charge in [-0.2, -0.15) is 0 Å². The number of carbonyl (C=O) groups is 1. The third-order valence-electron chi connectivity index (χ3n) is 5.36. The van der Waals surface area contributed by atoms with Crippen molar-refractivity contribution >= 4 is 5.97 Å². The molecule has 0 N–H and O–H groups in total. The lowest BCUT2D eigenvalue weighted by molar-refractivity contribution is -0.197. The Balaban J connectivity index is 1.87. The van der Waals surface area contributed by atoms with Crippen LogP contribution in [0.3, 0.4) is 0 Å². The second-order valence-corrected chi connectivity index (χ2v) is 6.62. The maximum absolute atomic E-state index is 11.5. The molecule has 4 aliphatic carbocycles. The minimum absolute atomic E-state index is 0.134. The SMILES string of the molecule is C=CC(=O)OC12CC3CC(CC(CC)(C3)C1)C2. The van der Waals surface area contributed by atoms with E-state index in [1.165, 1.54) is 31.8 Å². The predicted molar refractivity (Wildman–Crippen MR) is 66.4 cm³/mol. The minimum atomic E-state index is -0.224. The maximum atomic E-state index is 11.5. The summed E-state index contributed by atoms with van der Waals surface area (Å²) < 4.78 is 5.77. The van der Waals surface area contributed by atoms with Gasteiger partial charge in [0.05, 0.1) is 0 Å². The van der Waals surface area contributed by atoms with E-state index in [0.717, 1.165) is 31.1 Å². The Bertz CT molecular complexity index is 344. The zero-order valence-corrected chi connectivity index (χ0v) is 10.7. The first-order valence-electron chi connectivity index (χ1n) is 6.94. The molecule has 4 saturated carbocycles. The molecule has 4 rings (SSSR count). The molecule has 4 fully saturated rings. The van der Waals surface area contributed by atoms with E-state index in [1.807, 2.05) is 0 Å². The fourth-order valence-corrected chi connectivity index (χ4v) is 5.15. The van der Waals surface area contributed by atoms with Gasteiger partial charge in [-0.15, -0.1) is 0 Å². The van der Waals surface area contributed by atoms with Gasteiger partial charge in [0.1, 0.15) is 5.60 Å². The van der Waals surface area contributed by atoms with Crippen molar-refractivity contribution in [3.05, 3.63) is 12.7 Å². The first-order chi connectivity index (χ1) is 8.09. The van der Waals surface area contributed by atoms with Crippen molar-refractivity contribution in [2.24, 2.45) is 17.3 Å². The summed E-state index contributed by atoms with van der Waals surface area (Å²) in [5.41, 5.74) is 0.344. The standard InChI is InChI=1S/C15H22O2/c1-3-13(16)17-15-8-11-5-12(9-15)7-14(4-2,6-11)10-15/h3,11-12H,1,4-10H2,2H3. The average Bonchev–Trinajstić information content (AvgIpc) is 2.26. The van der Waals surface area contributed by atoms with Gasteiger partial charge in [-0.05, 0) is 55.8 Å². The average molecular weight is 234 g/mol. The van der Waals surface area contributed by atoms with Crippen LogP contribution in [-0.4, -0.2) is 11.6 Å². The Morgan fingerprint density at radius 3 is 2.53 bits per heavy atom. The molecular formula is C15H22O2. The molecule has 4 bridgehead atoms. The van der Waals surface area contributed by atoms with Gasteiger partial charge in [-0.1, -0.05) is 19.9 Å². The molecular weight excluding hydrogens is 212 g/mol. The second kappa shape index (κ2) is 3.60. The predicted octanol–water partition coefficient (Wildman–Crippen LogP) is 3.46. The molecule has 2 atom stereocenters. The molecule has 0 aromatic heterocycles. The first-order valence-corrected chi connectivity index (χ1v) is 6.94. The highest BCUT2D eigenvalue weighted by Crippen LogP contribution is 2.63. The van der Waals surface area contributed by atoms with E-state index in [9.17, 15) is 4.79 Å². The van der Waals surface area contributed by atoms with Crippen molar-refractivity contribution in [3.8, 4) is 0 Å². The Morgan fingerprint density at radius 2 is 2.00 bits per heavy atom. The van der Waals surface area contributed by atoms with Crippen molar-refractivity contribution in [2.75, 3.05) is 0 Å². The van der Waals surface area contributed by atoms with Gasteiger partial charge < -0.3 is 4.74 Å². The summed E-state index contributed by atoms with van der Waals surface area (Å²) in [6, 6.07) is 0. The third kappa shape index (κ3) is 1.73. The topological polar surface area (TPSA) is 26.3 Å². The molecule has 17 heavy (non-hydrogen) atoms. The van der Waals surface area contributed by atoms with E-state index in [-0.39, 0.29) is 11.6 Å². The van der Waals surface area contributed by atoms with E-state index < -0.39 is 0 Å². The molecule has 0 aromatic carbocycles. The lowest BCUT2D eigenvalue weighted by Crippen LogP contribution is -2.57. The number of ether oxygens (including phenoxy) is 1. The van der Waals surface area contributed by atoms with E-state index in [0.29, 0.717) is 5.41 Å². The van der Waals surface area contributed by atoms with Crippen LogP contribution in [0.25, 0.3) is 0 Å². The molecule has 0 radical (unpaired) electrons. The fourth-order valence-electron chi connectivity index (χ4n) is 5.15. The van der Waals surface area contributed by atoms with Crippen molar-refractivity contribution in [3.63, 3.8) is 0 Å². The first kappa shape index (κ1) is 11.3. The monoisotopic (exact) mass is 234 g/mol. The smallest absolute Gasteiger partial charge is 0.330 e. The summed E-state index contributed by atoms with van der Waals surface area (Å²) in [6.07, 6.45) is 9.97. The summed E-state index contributed by atoms with van der Waals surface area (Å²) in [7, 11) is 0. The highest BCUT2D eigenvalue weighted by atomic mass is 16.6. The normalized spacial score (nSPS) is 46.9. The Morgan fingerprint density at radius 1 is 1.35 bits per heavy atom. The highest BCUT2D eigenvalue weighted by Gasteiger charge is 2.58. The van der Waals surface area contributed by atoms with Crippen LogP contribution in [0.2, 0.25) is 0 Å². The molecule has 2 heteroatoms. The minimum Gasteiger partial charge on any atom is -0.456 e. The van der Waals surface area contributed by atoms with Gasteiger partial charge in [-0.25, -0.2) is 4.79 Å². The van der Waals surface area contributed by atoms with Crippen LogP contribution in [-0.2, 0) is 9.53 Å². The molecule has 4 aliphatic rings. The molecule has 2 nitrogen and oxygen atoms in total. The van der Waals surface area contributed by atoms with Crippen LogP contribution in [0.15, 0.2) is 12.7 Å². The van der Waals surface area contributed by atoms with Crippen LogP contribution >= 0.6 is 0 Å². The zero-order valence-electron chi connectivity index (χ0n) is 10.7. The van der Waals surface area contributed by atoms with Crippen molar-refractivity contribution in [1.82, 2.24) is 0 Å². The molecule has 0 spiro atoms. The van der Waals surface area contributed by atoms with Gasteiger partial charge in [0.2, 0.25) is 0 Å². The summed E-state index contributed by atoms with van der Waals surface area (Å²) in [4.78, 5) is 11.5. The molecule has 2 unspecified atom stereocenters. The quantitative estimate of drug-likeness (QED) is 0.552. The van der Waals surface area contributed by atoms with Crippen LogP contribution in [0.1, 0.15) is 51.9 Å². The number of rotatable bonds is 3. The van der Waals surface area contributed by atoms with Gasteiger partial charge in [-0.3, -0.25) is 0 Å². The third-order valence-corrected chi connectivity index (χ3v) is 5.36. The molecule has 0 aromatic rings. The summed E-state index contributed by atoms with van der Waals surface area (Å²) in [5.74, 6) is 1.38. The summed E-state index contributed by atoms with van der Waals surface area (Å²) in [5, 5.41) is 0. The lowest BCUT2D eigenvalue weighted by Gasteiger charge is -2.61. The van der Waals surface area contributed by atoms with Crippen molar-refractivity contribution in [2.45, 2.75) is 57.5 Å². The fraction of sp³-hybridized carbons (Fsp3) is 0.800. The Hall–Kier alpha value is -0.790. The van der Waals surface area contributed by atoms with Gasteiger partial charge in [0, 0.05) is 6.08 Å². The Kier molecular flexibility index (Phi) is 2.39. The number of esters is 1. The second-order valence-electron chi connectivity index (χ2n) is 6.62. The lowest BCUT2D eigenvalue weighted by atomic mass is 9.47. The van der Waals surface area contributed by atoms with Crippen LogP contribution in [0.5, 0.6) is 0 Å². The largest absolute Gasteiger partial charge is 0.456 e. The van der Waals surface area contributed by atoms with Gasteiger partial charge in [0.25, 0.3) is 0 Å². The number of carbonyl (C=O) groups excluding carboxylic acids is 1.